The van der Waals surface area contributed by atoms with Crippen LogP contribution in [-0.4, -0.2) is 43.4 Å². The van der Waals surface area contributed by atoms with Gasteiger partial charge in [0.1, 0.15) is 4.90 Å². The van der Waals surface area contributed by atoms with Crippen LogP contribution in [0.3, 0.4) is 0 Å². The highest BCUT2D eigenvalue weighted by Gasteiger charge is 2.25. The zero-order chi connectivity index (χ0) is 20.0. The van der Waals surface area contributed by atoms with E-state index in [0.29, 0.717) is 18.7 Å². The van der Waals surface area contributed by atoms with Crippen LogP contribution in [-0.2, 0) is 10.0 Å². The number of rotatable bonds is 8. The lowest BCUT2D eigenvalue weighted by molar-refractivity contribution is 0.0916. The number of hydrogen-bond acceptors (Lipinski definition) is 4. The molecular formula is C19H23ClN2O4S. The van der Waals surface area contributed by atoms with E-state index < -0.39 is 22.0 Å². The van der Waals surface area contributed by atoms with Crippen LogP contribution in [0.15, 0.2) is 53.4 Å². The minimum absolute atomic E-state index is 0.00357. The maximum absolute atomic E-state index is 12.7. The van der Waals surface area contributed by atoms with Gasteiger partial charge in [-0.15, -0.1) is 0 Å². The van der Waals surface area contributed by atoms with Gasteiger partial charge in [-0.25, -0.2) is 8.42 Å². The Bertz CT molecular complexity index is 884. The Labute approximate surface area is 164 Å². The molecule has 146 valence electrons. The number of nitrogens with one attached hydrogen (secondary N) is 1. The van der Waals surface area contributed by atoms with Gasteiger partial charge >= 0.3 is 0 Å². The van der Waals surface area contributed by atoms with Crippen molar-refractivity contribution in [2.75, 3.05) is 19.6 Å². The molecule has 0 fully saturated rings. The summed E-state index contributed by atoms with van der Waals surface area (Å²) in [4.78, 5) is 12.3. The molecule has 2 aromatic rings. The standard InChI is InChI=1S/C19H23ClN2O4S/c1-3-22(4-2)27(25,26)18-12-15(10-11-16(18)20)19(24)21-13-17(23)14-8-6-5-7-9-14/h5-12,17,23H,3-4,13H2,1-2H3,(H,21,24). The summed E-state index contributed by atoms with van der Waals surface area (Å²) in [5.74, 6) is -0.488. The summed E-state index contributed by atoms with van der Waals surface area (Å²) in [5, 5.41) is 12.8. The van der Waals surface area contributed by atoms with Gasteiger partial charge in [-0.3, -0.25) is 4.79 Å². The van der Waals surface area contributed by atoms with Crippen molar-refractivity contribution in [2.45, 2.75) is 24.8 Å². The smallest absolute Gasteiger partial charge is 0.251 e. The van der Waals surface area contributed by atoms with E-state index in [0.717, 1.165) is 0 Å². The first kappa shape index (κ1) is 21.4. The molecule has 2 rings (SSSR count). The topological polar surface area (TPSA) is 86.7 Å². The molecule has 0 aliphatic heterocycles. The number of benzene rings is 2. The Kier molecular flexibility index (Phi) is 7.38. The van der Waals surface area contributed by atoms with Crippen molar-refractivity contribution in [3.8, 4) is 0 Å². The highest BCUT2D eigenvalue weighted by atomic mass is 35.5. The van der Waals surface area contributed by atoms with Gasteiger partial charge in [0.25, 0.3) is 5.91 Å². The van der Waals surface area contributed by atoms with Gasteiger partial charge < -0.3 is 10.4 Å². The van der Waals surface area contributed by atoms with Crippen LogP contribution >= 0.6 is 11.6 Å². The van der Waals surface area contributed by atoms with Crippen LogP contribution in [0.2, 0.25) is 5.02 Å². The lowest BCUT2D eigenvalue weighted by Crippen LogP contribution is -2.31. The fourth-order valence-corrected chi connectivity index (χ4v) is 4.59. The number of sulfonamides is 1. The monoisotopic (exact) mass is 410 g/mol. The number of aliphatic hydroxyl groups excluding tert-OH is 1. The van der Waals surface area contributed by atoms with Crippen LogP contribution in [0.25, 0.3) is 0 Å². The Hall–Kier alpha value is -1.93. The average molecular weight is 411 g/mol. The number of carbonyl (C=O) groups is 1. The van der Waals surface area contributed by atoms with Crippen molar-refractivity contribution >= 4 is 27.5 Å². The van der Waals surface area contributed by atoms with Gasteiger partial charge in [-0.1, -0.05) is 55.8 Å². The predicted molar refractivity (Wildman–Crippen MR) is 105 cm³/mol. The molecule has 6 nitrogen and oxygen atoms in total. The van der Waals surface area contributed by atoms with E-state index in [4.69, 9.17) is 11.6 Å². The van der Waals surface area contributed by atoms with Gasteiger partial charge in [0.05, 0.1) is 11.1 Å². The van der Waals surface area contributed by atoms with Gasteiger partial charge in [0, 0.05) is 25.2 Å². The molecule has 0 aliphatic carbocycles. The van der Waals surface area contributed by atoms with Crippen LogP contribution in [0, 0.1) is 0 Å². The van der Waals surface area contributed by atoms with Crippen LogP contribution in [0.5, 0.6) is 0 Å². The fraction of sp³-hybridized carbons (Fsp3) is 0.316. The Morgan fingerprint density at radius 1 is 1.15 bits per heavy atom. The van der Waals surface area contributed by atoms with Crippen molar-refractivity contribution in [3.63, 3.8) is 0 Å². The highest BCUT2D eigenvalue weighted by molar-refractivity contribution is 7.89. The minimum Gasteiger partial charge on any atom is -0.387 e. The first-order valence-electron chi connectivity index (χ1n) is 8.62. The summed E-state index contributed by atoms with van der Waals surface area (Å²) in [6, 6.07) is 13.0. The van der Waals surface area contributed by atoms with Crippen molar-refractivity contribution in [1.29, 1.82) is 0 Å². The molecule has 0 heterocycles. The van der Waals surface area contributed by atoms with Crippen LogP contribution in [0.1, 0.15) is 35.9 Å². The maximum atomic E-state index is 12.7. The van der Waals surface area contributed by atoms with E-state index in [9.17, 15) is 18.3 Å². The molecule has 27 heavy (non-hydrogen) atoms. The van der Waals surface area contributed by atoms with E-state index in [-0.39, 0.29) is 22.0 Å². The van der Waals surface area contributed by atoms with Crippen molar-refractivity contribution < 1.29 is 18.3 Å². The number of halogens is 1. The molecule has 0 saturated heterocycles. The summed E-state index contributed by atoms with van der Waals surface area (Å²) in [7, 11) is -3.79. The Morgan fingerprint density at radius 2 is 1.78 bits per heavy atom. The van der Waals surface area contributed by atoms with Crippen LogP contribution < -0.4 is 5.32 Å². The fourth-order valence-electron chi connectivity index (χ4n) is 2.63. The summed E-state index contributed by atoms with van der Waals surface area (Å²) < 4.78 is 26.7. The summed E-state index contributed by atoms with van der Waals surface area (Å²) in [6.45, 7) is 4.07. The predicted octanol–water partition coefficient (Wildman–Crippen LogP) is 2.83. The number of hydrogen-bond donors (Lipinski definition) is 2. The maximum Gasteiger partial charge on any atom is 0.251 e. The summed E-state index contributed by atoms with van der Waals surface area (Å²) in [6.07, 6.45) is -0.860. The second-order valence-electron chi connectivity index (χ2n) is 5.87. The largest absolute Gasteiger partial charge is 0.387 e. The average Bonchev–Trinajstić information content (AvgIpc) is 2.67. The summed E-state index contributed by atoms with van der Waals surface area (Å²) in [5.41, 5.74) is 0.837. The van der Waals surface area contributed by atoms with Gasteiger partial charge in [-0.2, -0.15) is 4.31 Å². The molecule has 0 aliphatic rings. The van der Waals surface area contributed by atoms with Crippen molar-refractivity contribution in [3.05, 3.63) is 64.7 Å². The van der Waals surface area contributed by atoms with Gasteiger partial charge in [0.2, 0.25) is 10.0 Å². The molecule has 1 unspecified atom stereocenters. The molecule has 1 amide bonds. The number of aliphatic hydroxyl groups is 1. The molecule has 0 radical (unpaired) electrons. The first-order valence-corrected chi connectivity index (χ1v) is 10.4. The summed E-state index contributed by atoms with van der Waals surface area (Å²) >= 11 is 6.07. The van der Waals surface area contributed by atoms with Gasteiger partial charge in [0.15, 0.2) is 0 Å². The SMILES string of the molecule is CCN(CC)S(=O)(=O)c1cc(C(=O)NCC(O)c2ccccc2)ccc1Cl. The van der Waals surface area contributed by atoms with Crippen molar-refractivity contribution in [1.82, 2.24) is 9.62 Å². The lowest BCUT2D eigenvalue weighted by atomic mass is 10.1. The first-order chi connectivity index (χ1) is 12.8. The molecule has 0 spiro atoms. The van der Waals surface area contributed by atoms with E-state index in [1.165, 1.54) is 22.5 Å². The van der Waals surface area contributed by atoms with E-state index in [2.05, 4.69) is 5.32 Å². The van der Waals surface area contributed by atoms with E-state index in [1.807, 2.05) is 6.07 Å². The molecule has 0 aromatic heterocycles. The van der Waals surface area contributed by atoms with Crippen LogP contribution in [0.4, 0.5) is 0 Å². The third kappa shape index (κ3) is 5.07. The molecule has 1 atom stereocenters. The number of nitrogens with zero attached hydrogens (tertiary/aromatic N) is 1. The zero-order valence-electron chi connectivity index (χ0n) is 15.2. The number of amides is 1. The van der Waals surface area contributed by atoms with E-state index in [1.54, 1.807) is 38.1 Å². The molecule has 2 aromatic carbocycles. The molecule has 8 heteroatoms. The Morgan fingerprint density at radius 3 is 2.37 bits per heavy atom. The highest BCUT2D eigenvalue weighted by Crippen LogP contribution is 2.26. The molecule has 0 bridgehead atoms. The second kappa shape index (κ2) is 9.32. The third-order valence-electron chi connectivity index (χ3n) is 4.16. The lowest BCUT2D eigenvalue weighted by Gasteiger charge is -2.19. The third-order valence-corrected chi connectivity index (χ3v) is 6.69. The Balaban J connectivity index is 2.18. The van der Waals surface area contributed by atoms with E-state index >= 15 is 0 Å². The minimum atomic E-state index is -3.79. The second-order valence-corrected chi connectivity index (χ2v) is 8.18. The van der Waals surface area contributed by atoms with Crippen molar-refractivity contribution in [2.24, 2.45) is 0 Å². The normalized spacial score (nSPS) is 12.8. The number of carbonyl (C=O) groups excluding carboxylic acids is 1. The molecule has 0 saturated carbocycles. The van der Waals surface area contributed by atoms with Gasteiger partial charge in [-0.05, 0) is 23.8 Å². The zero-order valence-corrected chi connectivity index (χ0v) is 16.8. The quantitative estimate of drug-likeness (QED) is 0.700. The molecular weight excluding hydrogens is 388 g/mol. The molecule has 2 N–H and O–H groups in total.